The second kappa shape index (κ2) is 3.93. The molecule has 1 aromatic carbocycles. The summed E-state index contributed by atoms with van der Waals surface area (Å²) in [5.74, 6) is -0.562. The molecule has 0 bridgehead atoms. The van der Waals surface area contributed by atoms with Crippen molar-refractivity contribution in [3.63, 3.8) is 0 Å². The van der Waals surface area contributed by atoms with Gasteiger partial charge in [0.2, 0.25) is 5.91 Å². The van der Waals surface area contributed by atoms with Crippen molar-refractivity contribution >= 4 is 40.0 Å². The van der Waals surface area contributed by atoms with Crippen LogP contribution in [0.15, 0.2) is 0 Å². The summed E-state index contributed by atoms with van der Waals surface area (Å²) in [6.45, 7) is -0.128. The summed E-state index contributed by atoms with van der Waals surface area (Å²) in [6, 6.07) is 0. The molecular formula is C8H15N7O. The number of hydrogen-bond acceptors (Lipinski definition) is 7. The standard InChI is InChI=1S/C8H15N7O/c9-2(16)1-15-8-6(13)4(11)3(10)5(12)7(8)14/h15H,1,10-14H2,(H2,9,16). The molecular weight excluding hydrogens is 210 g/mol. The Balaban J connectivity index is 3.23. The first-order valence-corrected chi connectivity index (χ1v) is 4.39. The van der Waals surface area contributed by atoms with Gasteiger partial charge < -0.3 is 39.7 Å². The van der Waals surface area contributed by atoms with Crippen LogP contribution in [0.1, 0.15) is 0 Å². The van der Waals surface area contributed by atoms with E-state index in [0.717, 1.165) is 0 Å². The van der Waals surface area contributed by atoms with Crippen LogP contribution in [-0.4, -0.2) is 12.5 Å². The fraction of sp³-hybridized carbons (Fsp3) is 0.125. The average molecular weight is 225 g/mol. The molecule has 13 N–H and O–H groups in total. The van der Waals surface area contributed by atoms with E-state index < -0.39 is 5.91 Å². The highest BCUT2D eigenvalue weighted by Crippen LogP contribution is 2.41. The molecule has 0 saturated carbocycles. The molecule has 8 heteroatoms. The van der Waals surface area contributed by atoms with Crippen LogP contribution in [0.2, 0.25) is 0 Å². The lowest BCUT2D eigenvalue weighted by atomic mass is 10.1. The van der Waals surface area contributed by atoms with Gasteiger partial charge in [0.1, 0.15) is 0 Å². The minimum Gasteiger partial charge on any atom is -0.395 e. The Morgan fingerprint density at radius 3 is 1.62 bits per heavy atom. The number of carbonyl (C=O) groups is 1. The van der Waals surface area contributed by atoms with E-state index in [9.17, 15) is 4.79 Å². The summed E-state index contributed by atoms with van der Waals surface area (Å²) in [5, 5.41) is 2.65. The molecule has 0 radical (unpaired) electrons. The van der Waals surface area contributed by atoms with E-state index >= 15 is 0 Å². The predicted molar refractivity (Wildman–Crippen MR) is 66.2 cm³/mol. The molecule has 0 saturated heterocycles. The number of rotatable bonds is 3. The highest BCUT2D eigenvalue weighted by Gasteiger charge is 2.15. The lowest BCUT2D eigenvalue weighted by Gasteiger charge is -2.17. The quantitative estimate of drug-likeness (QED) is 0.305. The number of primary amides is 1. The van der Waals surface area contributed by atoms with Crippen molar-refractivity contribution in [2.45, 2.75) is 0 Å². The molecule has 0 unspecified atom stereocenters. The van der Waals surface area contributed by atoms with Gasteiger partial charge in [0.25, 0.3) is 0 Å². The maximum Gasteiger partial charge on any atom is 0.236 e. The molecule has 1 amide bonds. The summed E-state index contributed by atoms with van der Waals surface area (Å²) in [7, 11) is 0. The van der Waals surface area contributed by atoms with E-state index in [1.165, 1.54) is 0 Å². The Bertz CT molecular complexity index is 413. The Morgan fingerprint density at radius 1 is 0.875 bits per heavy atom. The summed E-state index contributed by atoms with van der Waals surface area (Å²) < 4.78 is 0. The third kappa shape index (κ3) is 1.80. The molecule has 1 aromatic rings. The van der Waals surface area contributed by atoms with Gasteiger partial charge in [-0.25, -0.2) is 0 Å². The Hall–Kier alpha value is -2.51. The SMILES string of the molecule is NC(=O)CNc1c(N)c(N)c(N)c(N)c1N. The summed E-state index contributed by atoms with van der Waals surface area (Å²) in [5.41, 5.74) is 34.1. The second-order valence-electron chi connectivity index (χ2n) is 3.26. The summed E-state index contributed by atoms with van der Waals surface area (Å²) >= 11 is 0. The molecule has 0 aliphatic carbocycles. The zero-order valence-electron chi connectivity index (χ0n) is 8.58. The van der Waals surface area contributed by atoms with Gasteiger partial charge in [-0.15, -0.1) is 0 Å². The molecule has 0 aliphatic heterocycles. The van der Waals surface area contributed by atoms with Crippen molar-refractivity contribution in [1.82, 2.24) is 0 Å². The molecule has 88 valence electrons. The van der Waals surface area contributed by atoms with Crippen molar-refractivity contribution in [1.29, 1.82) is 0 Å². The number of amides is 1. The first kappa shape index (κ1) is 11.6. The largest absolute Gasteiger partial charge is 0.395 e. The Labute approximate surface area is 91.9 Å². The molecule has 0 spiro atoms. The molecule has 8 nitrogen and oxygen atoms in total. The third-order valence-corrected chi connectivity index (χ3v) is 2.14. The highest BCUT2D eigenvalue weighted by molar-refractivity contribution is 6.04. The van der Waals surface area contributed by atoms with Crippen LogP contribution in [-0.2, 0) is 4.79 Å². The maximum atomic E-state index is 10.6. The van der Waals surface area contributed by atoms with Gasteiger partial charge in [-0.2, -0.15) is 0 Å². The number of benzene rings is 1. The summed E-state index contributed by atoms with van der Waals surface area (Å²) in [4.78, 5) is 10.6. The zero-order valence-corrected chi connectivity index (χ0v) is 8.58. The van der Waals surface area contributed by atoms with Gasteiger partial charge in [-0.1, -0.05) is 0 Å². The number of nitrogen functional groups attached to an aromatic ring is 5. The van der Waals surface area contributed by atoms with Gasteiger partial charge in [-0.3, -0.25) is 4.79 Å². The molecule has 0 atom stereocenters. The second-order valence-corrected chi connectivity index (χ2v) is 3.26. The van der Waals surface area contributed by atoms with Gasteiger partial charge in [0, 0.05) is 0 Å². The van der Waals surface area contributed by atoms with E-state index in [1.54, 1.807) is 0 Å². The van der Waals surface area contributed by atoms with Gasteiger partial charge in [0.05, 0.1) is 40.7 Å². The molecule has 0 aliphatic rings. The highest BCUT2D eigenvalue weighted by atomic mass is 16.1. The van der Waals surface area contributed by atoms with Crippen LogP contribution in [0, 0.1) is 0 Å². The number of nitrogens with one attached hydrogen (secondary N) is 1. The van der Waals surface area contributed by atoms with Crippen molar-refractivity contribution in [3.8, 4) is 0 Å². The minimum absolute atomic E-state index is 0.124. The van der Waals surface area contributed by atoms with Crippen LogP contribution >= 0.6 is 0 Å². The third-order valence-electron chi connectivity index (χ3n) is 2.14. The topological polar surface area (TPSA) is 185 Å². The van der Waals surface area contributed by atoms with Gasteiger partial charge in [0.15, 0.2) is 0 Å². The number of nitrogens with two attached hydrogens (primary N) is 6. The first-order valence-electron chi connectivity index (χ1n) is 4.39. The van der Waals surface area contributed by atoms with Crippen molar-refractivity contribution in [2.75, 3.05) is 40.5 Å². The lowest BCUT2D eigenvalue weighted by Crippen LogP contribution is -2.23. The van der Waals surface area contributed by atoms with E-state index in [0.29, 0.717) is 0 Å². The monoisotopic (exact) mass is 225 g/mol. The van der Waals surface area contributed by atoms with Crippen molar-refractivity contribution in [3.05, 3.63) is 0 Å². The first-order chi connectivity index (χ1) is 7.36. The van der Waals surface area contributed by atoms with E-state index in [4.69, 9.17) is 34.4 Å². The maximum absolute atomic E-state index is 10.6. The van der Waals surface area contributed by atoms with Gasteiger partial charge >= 0.3 is 0 Å². The van der Waals surface area contributed by atoms with Crippen molar-refractivity contribution in [2.24, 2.45) is 5.73 Å². The number of hydrogen-bond donors (Lipinski definition) is 7. The average Bonchev–Trinajstić information content (AvgIpc) is 2.23. The van der Waals surface area contributed by atoms with Crippen LogP contribution < -0.4 is 39.7 Å². The Morgan fingerprint density at radius 2 is 1.25 bits per heavy atom. The number of carbonyl (C=O) groups excluding carboxylic acids is 1. The van der Waals surface area contributed by atoms with Crippen LogP contribution in [0.25, 0.3) is 0 Å². The van der Waals surface area contributed by atoms with E-state index in [1.807, 2.05) is 0 Å². The molecule has 0 fully saturated rings. The van der Waals surface area contributed by atoms with Crippen LogP contribution in [0.5, 0.6) is 0 Å². The van der Waals surface area contributed by atoms with Crippen molar-refractivity contribution < 1.29 is 4.79 Å². The smallest absolute Gasteiger partial charge is 0.236 e. The van der Waals surface area contributed by atoms with Crippen LogP contribution in [0.4, 0.5) is 34.1 Å². The fourth-order valence-electron chi connectivity index (χ4n) is 1.22. The normalized spacial score (nSPS) is 10.0. The molecule has 16 heavy (non-hydrogen) atoms. The molecule has 1 rings (SSSR count). The number of anilines is 6. The molecule has 0 aromatic heterocycles. The fourth-order valence-corrected chi connectivity index (χ4v) is 1.22. The predicted octanol–water partition coefficient (Wildman–Crippen LogP) is -1.51. The molecule has 0 heterocycles. The van der Waals surface area contributed by atoms with E-state index in [-0.39, 0.29) is 40.7 Å². The van der Waals surface area contributed by atoms with E-state index in [2.05, 4.69) is 5.32 Å². The Kier molecular flexibility index (Phi) is 2.84. The zero-order chi connectivity index (χ0) is 12.5. The lowest BCUT2D eigenvalue weighted by molar-refractivity contribution is -0.116. The minimum atomic E-state index is -0.562. The van der Waals surface area contributed by atoms with Gasteiger partial charge in [-0.05, 0) is 0 Å². The van der Waals surface area contributed by atoms with Crippen LogP contribution in [0.3, 0.4) is 0 Å². The summed E-state index contributed by atoms with van der Waals surface area (Å²) in [6.07, 6.45) is 0.